The molecule has 0 spiro atoms. The highest BCUT2D eigenvalue weighted by Crippen LogP contribution is 2.58. The van der Waals surface area contributed by atoms with Crippen LogP contribution in [0.5, 0.6) is 0 Å². The Balaban J connectivity index is 2.30. The molecule has 24 heavy (non-hydrogen) atoms. The number of hydrogen-bond donors (Lipinski definition) is 0. The maximum atomic E-state index is 12.6. The topological polar surface area (TPSA) is 50.1 Å². The summed E-state index contributed by atoms with van der Waals surface area (Å²) in [7, 11) is -1.88. The normalized spacial score (nSPS) is 37.0. The van der Waals surface area contributed by atoms with Crippen molar-refractivity contribution in [2.24, 2.45) is 29.1 Å². The first-order valence-electron chi connectivity index (χ1n) is 9.16. The Hall–Kier alpha value is -0.923. The van der Waals surface area contributed by atoms with E-state index in [2.05, 4.69) is 46.5 Å². The zero-order chi connectivity index (χ0) is 18.3. The summed E-state index contributed by atoms with van der Waals surface area (Å²) in [5, 5.41) is 9.85. The van der Waals surface area contributed by atoms with Crippen molar-refractivity contribution in [3.63, 3.8) is 0 Å². The van der Waals surface area contributed by atoms with Crippen LogP contribution in [-0.4, -0.2) is 20.7 Å². The molecular weight excluding hydrogens is 314 g/mol. The van der Waals surface area contributed by atoms with Gasteiger partial charge >= 0.3 is 0 Å². The van der Waals surface area contributed by atoms with Crippen molar-refractivity contribution in [3.8, 4) is 6.07 Å². The van der Waals surface area contributed by atoms with Crippen LogP contribution in [0.1, 0.15) is 47.0 Å². The van der Waals surface area contributed by atoms with Crippen molar-refractivity contribution in [2.75, 3.05) is 6.61 Å². The Morgan fingerprint density at radius 1 is 1.46 bits per heavy atom. The van der Waals surface area contributed by atoms with Gasteiger partial charge in [-0.1, -0.05) is 33.8 Å². The van der Waals surface area contributed by atoms with Crippen LogP contribution in [0.15, 0.2) is 12.7 Å². The van der Waals surface area contributed by atoms with Gasteiger partial charge in [0.1, 0.15) is 5.78 Å². The minimum absolute atomic E-state index is 0.149. The van der Waals surface area contributed by atoms with E-state index in [1.54, 1.807) is 0 Å². The van der Waals surface area contributed by atoms with Crippen LogP contribution < -0.4 is 0 Å². The number of ketones is 1. The Morgan fingerprint density at radius 3 is 2.58 bits per heavy atom. The molecule has 2 rings (SSSR count). The summed E-state index contributed by atoms with van der Waals surface area (Å²) in [5.41, 5.74) is -0.168. The fourth-order valence-electron chi connectivity index (χ4n) is 4.26. The Kier molecular flexibility index (Phi) is 5.19. The molecule has 0 aromatic heterocycles. The maximum Gasteiger partial charge on any atom is 0.192 e. The van der Waals surface area contributed by atoms with Crippen LogP contribution in [0.4, 0.5) is 0 Å². The second-order valence-electron chi connectivity index (χ2n) is 9.54. The lowest BCUT2D eigenvalue weighted by molar-refractivity contribution is -0.134. The standard InChI is InChI=1S/C20H33NO2Si/c1-8-15-9-17-16(12-21)14(2)18(22)11-20(17,10-15)13-23-24(6,7)19(3,4)5/h8,14-17H,1,9-11,13H2,2-7H3/t14-,15-,16-,17-,20+/m0/s1. The van der Waals surface area contributed by atoms with Crippen molar-refractivity contribution >= 4 is 14.1 Å². The number of hydrogen-bond acceptors (Lipinski definition) is 3. The van der Waals surface area contributed by atoms with E-state index in [1.807, 2.05) is 13.0 Å². The van der Waals surface area contributed by atoms with Crippen molar-refractivity contribution in [2.45, 2.75) is 65.1 Å². The van der Waals surface area contributed by atoms with Gasteiger partial charge in [0.2, 0.25) is 0 Å². The van der Waals surface area contributed by atoms with Gasteiger partial charge < -0.3 is 4.43 Å². The lowest BCUT2D eigenvalue weighted by Crippen LogP contribution is -2.50. The zero-order valence-corrected chi connectivity index (χ0v) is 17.2. The lowest BCUT2D eigenvalue weighted by Gasteiger charge is -2.46. The molecule has 0 aromatic carbocycles. The van der Waals surface area contributed by atoms with E-state index in [4.69, 9.17) is 4.43 Å². The number of rotatable bonds is 4. The summed E-state index contributed by atoms with van der Waals surface area (Å²) >= 11 is 0. The first kappa shape index (κ1) is 19.4. The van der Waals surface area contributed by atoms with E-state index >= 15 is 0 Å². The van der Waals surface area contributed by atoms with Crippen molar-refractivity contribution in [3.05, 3.63) is 12.7 Å². The SMILES string of the molecule is C=C[C@H]1C[C@H]2[C@@H](C#N)[C@H](C)C(=O)C[C@@]2(CO[Si](C)(C)C(C)(C)C)C1. The number of fused-ring (bicyclic) bond motifs is 1. The summed E-state index contributed by atoms with van der Waals surface area (Å²) < 4.78 is 6.55. The van der Waals surface area contributed by atoms with Crippen molar-refractivity contribution < 1.29 is 9.22 Å². The van der Waals surface area contributed by atoms with Crippen LogP contribution in [0, 0.1) is 40.4 Å². The molecule has 0 bridgehead atoms. The van der Waals surface area contributed by atoms with Gasteiger partial charge in [0.05, 0.1) is 12.0 Å². The average Bonchev–Trinajstić information content (AvgIpc) is 2.84. The smallest absolute Gasteiger partial charge is 0.192 e. The predicted molar refractivity (Wildman–Crippen MR) is 99.9 cm³/mol. The predicted octanol–water partition coefficient (Wildman–Crippen LogP) is 4.96. The molecule has 5 atom stereocenters. The zero-order valence-electron chi connectivity index (χ0n) is 16.2. The fourth-order valence-corrected chi connectivity index (χ4v) is 5.34. The first-order valence-corrected chi connectivity index (χ1v) is 12.1. The number of carbonyl (C=O) groups is 1. The number of carbonyl (C=O) groups excluding carboxylic acids is 1. The highest BCUT2D eigenvalue weighted by atomic mass is 28.4. The first-order chi connectivity index (χ1) is 11.0. The summed E-state index contributed by atoms with van der Waals surface area (Å²) in [6.07, 6.45) is 4.48. The van der Waals surface area contributed by atoms with E-state index in [9.17, 15) is 10.1 Å². The third kappa shape index (κ3) is 3.26. The quantitative estimate of drug-likeness (QED) is 0.534. The third-order valence-electron chi connectivity index (χ3n) is 7.03. The lowest BCUT2D eigenvalue weighted by atomic mass is 9.60. The number of nitriles is 1. The molecule has 2 saturated carbocycles. The van der Waals surface area contributed by atoms with Crippen LogP contribution in [0.2, 0.25) is 18.1 Å². The molecule has 134 valence electrons. The number of nitrogens with zero attached hydrogens (tertiary/aromatic N) is 1. The second-order valence-corrected chi connectivity index (χ2v) is 14.3. The monoisotopic (exact) mass is 347 g/mol. The highest BCUT2D eigenvalue weighted by Gasteiger charge is 2.57. The van der Waals surface area contributed by atoms with E-state index in [1.165, 1.54) is 0 Å². The van der Waals surface area contributed by atoms with Gasteiger partial charge in [0, 0.05) is 24.4 Å². The summed E-state index contributed by atoms with van der Waals surface area (Å²) in [5.74, 6) is 0.556. The van der Waals surface area contributed by atoms with Gasteiger partial charge in [-0.3, -0.25) is 4.79 Å². The minimum atomic E-state index is -1.88. The van der Waals surface area contributed by atoms with Crippen molar-refractivity contribution in [1.29, 1.82) is 5.26 Å². The molecule has 0 N–H and O–H groups in total. The van der Waals surface area contributed by atoms with Crippen LogP contribution in [0.25, 0.3) is 0 Å². The van der Waals surface area contributed by atoms with Crippen molar-refractivity contribution in [1.82, 2.24) is 0 Å². The second kappa shape index (κ2) is 6.42. The largest absolute Gasteiger partial charge is 0.416 e. The van der Waals surface area contributed by atoms with E-state index in [0.29, 0.717) is 18.9 Å². The van der Waals surface area contributed by atoms with E-state index in [-0.39, 0.29) is 34.0 Å². The molecule has 0 radical (unpaired) electrons. The molecule has 3 nitrogen and oxygen atoms in total. The fraction of sp³-hybridized carbons (Fsp3) is 0.800. The van der Waals surface area contributed by atoms with Gasteiger partial charge in [-0.2, -0.15) is 5.26 Å². The van der Waals surface area contributed by atoms with E-state index in [0.717, 1.165) is 12.8 Å². The Morgan fingerprint density at radius 2 is 2.08 bits per heavy atom. The van der Waals surface area contributed by atoms with E-state index < -0.39 is 8.32 Å². The molecule has 0 amide bonds. The Bertz CT molecular complexity index is 557. The van der Waals surface area contributed by atoms with Gasteiger partial charge in [0.15, 0.2) is 8.32 Å². The molecule has 0 unspecified atom stereocenters. The van der Waals surface area contributed by atoms with Crippen LogP contribution in [-0.2, 0) is 9.22 Å². The summed E-state index contributed by atoms with van der Waals surface area (Å²) in [6.45, 7) is 17.7. The molecule has 0 saturated heterocycles. The molecular formula is C20H33NO2Si. The molecule has 2 aliphatic carbocycles. The summed E-state index contributed by atoms with van der Waals surface area (Å²) in [4.78, 5) is 12.6. The molecule has 0 heterocycles. The molecule has 0 aliphatic heterocycles. The highest BCUT2D eigenvalue weighted by molar-refractivity contribution is 6.74. The number of Topliss-reactive ketones (excluding diaryl/α,β-unsaturated/α-hetero) is 1. The Labute approximate surface area is 148 Å². The maximum absolute atomic E-state index is 12.6. The molecule has 2 aliphatic rings. The van der Waals surface area contributed by atoms with Gasteiger partial charge in [-0.05, 0) is 42.8 Å². The third-order valence-corrected chi connectivity index (χ3v) is 11.5. The minimum Gasteiger partial charge on any atom is -0.416 e. The van der Waals surface area contributed by atoms with Gasteiger partial charge in [-0.25, -0.2) is 0 Å². The van der Waals surface area contributed by atoms with Crippen LogP contribution >= 0.6 is 0 Å². The summed E-state index contributed by atoms with van der Waals surface area (Å²) in [6, 6.07) is 2.45. The molecule has 0 aromatic rings. The van der Waals surface area contributed by atoms with Gasteiger partial charge in [0.25, 0.3) is 0 Å². The average molecular weight is 348 g/mol. The number of allylic oxidation sites excluding steroid dienone is 1. The molecule has 4 heteroatoms. The molecule has 2 fully saturated rings. The van der Waals surface area contributed by atoms with Gasteiger partial charge in [-0.15, -0.1) is 6.58 Å². The van der Waals surface area contributed by atoms with Crippen LogP contribution in [0.3, 0.4) is 0 Å².